The molecule has 2 aromatic heterocycles. The van der Waals surface area contributed by atoms with Crippen molar-refractivity contribution in [3.63, 3.8) is 0 Å². The molecule has 1 aromatic carbocycles. The quantitative estimate of drug-likeness (QED) is 0.712. The van der Waals surface area contributed by atoms with Crippen LogP contribution in [0.3, 0.4) is 0 Å². The predicted molar refractivity (Wildman–Crippen MR) is 103 cm³/mol. The van der Waals surface area contributed by atoms with Crippen LogP contribution in [0, 0.1) is 0 Å². The molecule has 0 saturated carbocycles. The van der Waals surface area contributed by atoms with E-state index in [1.54, 1.807) is 16.0 Å². The summed E-state index contributed by atoms with van der Waals surface area (Å²) in [4.78, 5) is 22.7. The molecule has 7 heteroatoms. The number of hydrogen-bond acceptors (Lipinski definition) is 5. The summed E-state index contributed by atoms with van der Waals surface area (Å²) in [5, 5.41) is 6.56. The number of hydrogen-bond donors (Lipinski definition) is 0. The predicted octanol–water partition coefficient (Wildman–Crippen LogP) is 2.77. The number of nitrogens with zero attached hydrogens (tertiary/aromatic N) is 5. The molecule has 0 atom stereocenters. The lowest BCUT2D eigenvalue weighted by Crippen LogP contribution is -2.48. The van der Waals surface area contributed by atoms with E-state index < -0.39 is 0 Å². The van der Waals surface area contributed by atoms with Crippen molar-refractivity contribution in [3.05, 3.63) is 53.7 Å². The molecule has 1 saturated heterocycles. The van der Waals surface area contributed by atoms with E-state index >= 15 is 0 Å². The van der Waals surface area contributed by atoms with Crippen LogP contribution in [-0.2, 0) is 0 Å². The van der Waals surface area contributed by atoms with Gasteiger partial charge in [0.2, 0.25) is 5.82 Å². The molecule has 1 aliphatic heterocycles. The zero-order valence-corrected chi connectivity index (χ0v) is 15.5. The van der Waals surface area contributed by atoms with E-state index in [1.165, 1.54) is 0 Å². The first-order valence-corrected chi connectivity index (χ1v) is 9.72. The number of carbonyl (C=O) groups is 1. The van der Waals surface area contributed by atoms with E-state index in [4.69, 9.17) is 0 Å². The number of piperazine rings is 1. The van der Waals surface area contributed by atoms with Gasteiger partial charge in [-0.25, -0.2) is 9.67 Å². The highest BCUT2D eigenvalue weighted by Crippen LogP contribution is 2.25. The molecular formula is C19H21N5OS. The van der Waals surface area contributed by atoms with Gasteiger partial charge in [-0.1, -0.05) is 31.2 Å². The molecule has 3 aromatic rings. The van der Waals surface area contributed by atoms with Crippen LogP contribution in [0.15, 0.2) is 47.8 Å². The van der Waals surface area contributed by atoms with Crippen LogP contribution in [0.1, 0.15) is 17.5 Å². The zero-order chi connectivity index (χ0) is 17.9. The Balaban J connectivity index is 1.66. The fourth-order valence-electron chi connectivity index (χ4n) is 3.13. The SMILES string of the molecule is CCN1CCN(C(=O)c2nc(-c3cccs3)n(-c3ccccc3)n2)CC1. The van der Waals surface area contributed by atoms with Crippen LogP contribution < -0.4 is 0 Å². The van der Waals surface area contributed by atoms with Crippen LogP contribution in [0.4, 0.5) is 0 Å². The Morgan fingerprint density at radius 1 is 1.08 bits per heavy atom. The average Bonchev–Trinajstić information content (AvgIpc) is 3.38. The van der Waals surface area contributed by atoms with Gasteiger partial charge in [-0.05, 0) is 30.1 Å². The molecule has 3 heterocycles. The maximum absolute atomic E-state index is 12.9. The second kappa shape index (κ2) is 7.39. The minimum Gasteiger partial charge on any atom is -0.333 e. The molecule has 0 N–H and O–H groups in total. The highest BCUT2D eigenvalue weighted by molar-refractivity contribution is 7.13. The maximum atomic E-state index is 12.9. The van der Waals surface area contributed by atoms with Crippen molar-refractivity contribution in [1.29, 1.82) is 0 Å². The molecule has 0 spiro atoms. The Bertz CT molecular complexity index is 867. The fourth-order valence-corrected chi connectivity index (χ4v) is 3.82. The summed E-state index contributed by atoms with van der Waals surface area (Å²) in [6.45, 7) is 6.42. The van der Waals surface area contributed by atoms with Crippen molar-refractivity contribution >= 4 is 17.2 Å². The van der Waals surface area contributed by atoms with Gasteiger partial charge in [0.1, 0.15) is 0 Å². The minimum absolute atomic E-state index is 0.0896. The Labute approximate surface area is 156 Å². The summed E-state index contributed by atoms with van der Waals surface area (Å²) in [5.74, 6) is 0.886. The van der Waals surface area contributed by atoms with Crippen LogP contribution in [0.25, 0.3) is 16.4 Å². The molecule has 1 aliphatic rings. The summed E-state index contributed by atoms with van der Waals surface area (Å²) in [7, 11) is 0. The second-order valence-electron chi connectivity index (χ2n) is 6.21. The van der Waals surface area contributed by atoms with Gasteiger partial charge in [-0.15, -0.1) is 16.4 Å². The molecule has 0 aliphatic carbocycles. The molecule has 6 nitrogen and oxygen atoms in total. The van der Waals surface area contributed by atoms with Gasteiger partial charge >= 0.3 is 0 Å². The minimum atomic E-state index is -0.0896. The van der Waals surface area contributed by atoms with E-state index in [0.717, 1.165) is 43.3 Å². The second-order valence-corrected chi connectivity index (χ2v) is 7.16. The smallest absolute Gasteiger partial charge is 0.293 e. The van der Waals surface area contributed by atoms with Crippen LogP contribution >= 0.6 is 11.3 Å². The number of thiophene rings is 1. The number of carbonyl (C=O) groups excluding carboxylic acids is 1. The summed E-state index contributed by atoms with van der Waals surface area (Å²) < 4.78 is 1.77. The highest BCUT2D eigenvalue weighted by atomic mass is 32.1. The number of amides is 1. The van der Waals surface area contributed by atoms with Gasteiger partial charge in [0.25, 0.3) is 5.91 Å². The van der Waals surface area contributed by atoms with Crippen molar-refractivity contribution in [2.75, 3.05) is 32.7 Å². The number of para-hydroxylation sites is 1. The number of benzene rings is 1. The molecule has 134 valence electrons. The number of aromatic nitrogens is 3. The third-order valence-electron chi connectivity index (χ3n) is 4.65. The van der Waals surface area contributed by atoms with E-state index in [2.05, 4.69) is 21.9 Å². The Kier molecular flexibility index (Phi) is 4.81. The number of rotatable bonds is 4. The molecule has 1 fully saturated rings. The Morgan fingerprint density at radius 2 is 1.85 bits per heavy atom. The topological polar surface area (TPSA) is 54.3 Å². The summed E-state index contributed by atoms with van der Waals surface area (Å²) in [5.41, 5.74) is 0.901. The lowest BCUT2D eigenvalue weighted by molar-refractivity contribution is 0.0631. The first kappa shape index (κ1) is 16.9. The average molecular weight is 367 g/mol. The zero-order valence-electron chi connectivity index (χ0n) is 14.7. The summed E-state index contributed by atoms with van der Waals surface area (Å²) in [6, 6.07) is 13.8. The van der Waals surface area contributed by atoms with Gasteiger partial charge in [0.15, 0.2) is 5.82 Å². The summed E-state index contributed by atoms with van der Waals surface area (Å²) >= 11 is 1.59. The van der Waals surface area contributed by atoms with Crippen molar-refractivity contribution in [2.24, 2.45) is 0 Å². The van der Waals surface area contributed by atoms with Gasteiger partial charge in [-0.2, -0.15) is 0 Å². The van der Waals surface area contributed by atoms with Crippen molar-refractivity contribution in [2.45, 2.75) is 6.92 Å². The lowest BCUT2D eigenvalue weighted by atomic mass is 10.3. The van der Waals surface area contributed by atoms with Crippen LogP contribution in [-0.4, -0.2) is 63.2 Å². The van der Waals surface area contributed by atoms with Crippen molar-refractivity contribution < 1.29 is 4.79 Å². The Morgan fingerprint density at radius 3 is 2.50 bits per heavy atom. The van der Waals surface area contributed by atoms with E-state index in [0.29, 0.717) is 5.82 Å². The lowest BCUT2D eigenvalue weighted by Gasteiger charge is -2.33. The molecule has 1 amide bonds. The third kappa shape index (κ3) is 3.27. The van der Waals surface area contributed by atoms with Crippen LogP contribution in [0.5, 0.6) is 0 Å². The normalized spacial score (nSPS) is 15.3. The van der Waals surface area contributed by atoms with Crippen molar-refractivity contribution in [1.82, 2.24) is 24.6 Å². The molecular weight excluding hydrogens is 346 g/mol. The first-order valence-electron chi connectivity index (χ1n) is 8.84. The summed E-state index contributed by atoms with van der Waals surface area (Å²) in [6.07, 6.45) is 0. The fraction of sp³-hybridized carbons (Fsp3) is 0.316. The largest absolute Gasteiger partial charge is 0.333 e. The van der Waals surface area contributed by atoms with Gasteiger partial charge < -0.3 is 9.80 Å². The standard InChI is InChI=1S/C19H21N5OS/c1-2-22-10-12-23(13-11-22)19(25)17-20-18(16-9-6-14-26-16)24(21-17)15-7-4-3-5-8-15/h3-9,14H,2,10-13H2,1H3. The molecule has 0 radical (unpaired) electrons. The van der Waals surface area contributed by atoms with Gasteiger partial charge in [-0.3, -0.25) is 4.79 Å². The van der Waals surface area contributed by atoms with Crippen molar-refractivity contribution in [3.8, 4) is 16.4 Å². The van der Waals surface area contributed by atoms with E-state index in [-0.39, 0.29) is 11.7 Å². The Hall–Kier alpha value is -2.51. The monoisotopic (exact) mass is 367 g/mol. The third-order valence-corrected chi connectivity index (χ3v) is 5.51. The van der Waals surface area contributed by atoms with E-state index in [9.17, 15) is 4.79 Å². The maximum Gasteiger partial charge on any atom is 0.293 e. The first-order chi connectivity index (χ1) is 12.8. The molecule has 4 rings (SSSR count). The number of likely N-dealkylation sites (N-methyl/N-ethyl adjacent to an activating group) is 1. The molecule has 0 unspecified atom stereocenters. The van der Waals surface area contributed by atoms with Gasteiger partial charge in [0, 0.05) is 26.2 Å². The highest BCUT2D eigenvalue weighted by Gasteiger charge is 2.26. The molecule has 0 bridgehead atoms. The van der Waals surface area contributed by atoms with Crippen LogP contribution in [0.2, 0.25) is 0 Å². The van der Waals surface area contributed by atoms with Gasteiger partial charge in [0.05, 0.1) is 10.6 Å². The molecule has 26 heavy (non-hydrogen) atoms. The van der Waals surface area contributed by atoms with E-state index in [1.807, 2.05) is 52.7 Å².